The third-order valence-electron chi connectivity index (χ3n) is 5.04. The summed E-state index contributed by atoms with van der Waals surface area (Å²) in [7, 11) is 1.59. The monoisotopic (exact) mass is 454 g/mol. The minimum absolute atomic E-state index is 0.115. The van der Waals surface area contributed by atoms with Gasteiger partial charge < -0.3 is 19.5 Å². The molecule has 1 saturated heterocycles. The van der Waals surface area contributed by atoms with E-state index in [0.29, 0.717) is 22.8 Å². The fourth-order valence-corrected chi connectivity index (χ4v) is 4.27. The Hall–Kier alpha value is -3.46. The summed E-state index contributed by atoms with van der Waals surface area (Å²) in [5, 5.41) is 2.41. The second kappa shape index (κ2) is 9.78. The maximum Gasteiger partial charge on any atom is 0.293 e. The molecule has 0 saturated carbocycles. The molecule has 0 aromatic heterocycles. The molecular weight excluding hydrogens is 432 g/mol. The summed E-state index contributed by atoms with van der Waals surface area (Å²) in [5.41, 5.74) is 1.69. The summed E-state index contributed by atoms with van der Waals surface area (Å²) in [4.78, 5) is 38.6. The molecule has 4 rings (SSSR count). The lowest BCUT2D eigenvalue weighted by molar-refractivity contribution is -0.124. The van der Waals surface area contributed by atoms with E-state index in [1.54, 1.807) is 31.4 Å². The zero-order valence-electron chi connectivity index (χ0n) is 17.5. The zero-order chi connectivity index (χ0) is 22.5. The van der Waals surface area contributed by atoms with Crippen LogP contribution in [0.1, 0.15) is 17.5 Å². The number of carbonyl (C=O) groups excluding carboxylic acids is 3. The van der Waals surface area contributed by atoms with Crippen LogP contribution < -0.4 is 19.5 Å². The summed E-state index contributed by atoms with van der Waals surface area (Å²) >= 11 is 0.880. The lowest BCUT2D eigenvalue weighted by Gasteiger charge is -2.13. The van der Waals surface area contributed by atoms with Crippen molar-refractivity contribution in [2.75, 3.05) is 27.0 Å². The van der Waals surface area contributed by atoms with Gasteiger partial charge in [-0.2, -0.15) is 0 Å². The number of fused-ring (bicyclic) bond motifs is 1. The van der Waals surface area contributed by atoms with E-state index in [2.05, 4.69) is 5.32 Å². The van der Waals surface area contributed by atoms with Crippen LogP contribution in [-0.2, 0) is 16.0 Å². The van der Waals surface area contributed by atoms with Crippen molar-refractivity contribution in [2.45, 2.75) is 12.8 Å². The Morgan fingerprint density at radius 2 is 2.00 bits per heavy atom. The smallest absolute Gasteiger partial charge is 0.293 e. The van der Waals surface area contributed by atoms with Crippen LogP contribution in [0, 0.1) is 0 Å². The average Bonchev–Trinajstić information content (AvgIpc) is 3.37. The zero-order valence-corrected chi connectivity index (χ0v) is 18.3. The van der Waals surface area contributed by atoms with E-state index in [0.717, 1.165) is 33.5 Å². The summed E-state index contributed by atoms with van der Waals surface area (Å²) in [5.74, 6) is 1.47. The van der Waals surface area contributed by atoms with Gasteiger partial charge in [-0.15, -0.1) is 0 Å². The number of benzene rings is 2. The average molecular weight is 455 g/mol. The first kappa shape index (κ1) is 21.8. The molecule has 3 amide bonds. The molecule has 1 N–H and O–H groups in total. The van der Waals surface area contributed by atoms with Crippen LogP contribution in [-0.4, -0.2) is 48.9 Å². The van der Waals surface area contributed by atoms with Gasteiger partial charge in [0.1, 0.15) is 5.75 Å². The number of nitrogens with zero attached hydrogens (tertiary/aromatic N) is 1. The number of para-hydroxylation sites is 1. The number of imide groups is 1. The highest BCUT2D eigenvalue weighted by molar-refractivity contribution is 8.18. The topological polar surface area (TPSA) is 94.2 Å². The van der Waals surface area contributed by atoms with Gasteiger partial charge in [-0.3, -0.25) is 19.3 Å². The van der Waals surface area contributed by atoms with Gasteiger partial charge in [0.05, 0.1) is 12.0 Å². The first-order chi connectivity index (χ1) is 15.5. The first-order valence-corrected chi connectivity index (χ1v) is 10.9. The lowest BCUT2D eigenvalue weighted by atomic mass is 10.1. The second-order valence-electron chi connectivity index (χ2n) is 7.11. The highest BCUT2D eigenvalue weighted by Crippen LogP contribution is 2.36. The number of nitrogens with one attached hydrogen (secondary N) is 1. The molecule has 0 aliphatic carbocycles. The van der Waals surface area contributed by atoms with Crippen LogP contribution in [0.15, 0.2) is 47.4 Å². The standard InChI is InChI=1S/C23H22N2O6S/c1-29-17-5-3-2-4-16(17)7-9-21(26)24-10-11-25-22(27)20(32-23(25)28)13-15-6-8-18-19(12-15)31-14-30-18/h2-6,8,12-13H,7,9-11,14H2,1H3,(H,24,26)/b20-13-. The molecule has 9 heteroatoms. The van der Waals surface area contributed by atoms with Gasteiger partial charge in [-0.25, -0.2) is 0 Å². The first-order valence-electron chi connectivity index (χ1n) is 10.1. The molecule has 2 aromatic carbocycles. The molecule has 1 fully saturated rings. The summed E-state index contributed by atoms with van der Waals surface area (Å²) in [6.07, 6.45) is 2.47. The summed E-state index contributed by atoms with van der Waals surface area (Å²) < 4.78 is 15.9. The van der Waals surface area contributed by atoms with Crippen molar-refractivity contribution in [1.82, 2.24) is 10.2 Å². The molecule has 2 heterocycles. The minimum Gasteiger partial charge on any atom is -0.496 e. The molecule has 0 atom stereocenters. The fraction of sp³-hybridized carbons (Fsp3) is 0.261. The van der Waals surface area contributed by atoms with Gasteiger partial charge >= 0.3 is 0 Å². The normalized spacial score (nSPS) is 16.0. The van der Waals surface area contributed by atoms with Crippen LogP contribution in [0.2, 0.25) is 0 Å². The third kappa shape index (κ3) is 4.88. The minimum atomic E-state index is -0.374. The Kier molecular flexibility index (Phi) is 6.65. The highest BCUT2D eigenvalue weighted by atomic mass is 32.2. The van der Waals surface area contributed by atoms with Crippen molar-refractivity contribution in [3.63, 3.8) is 0 Å². The quantitative estimate of drug-likeness (QED) is 0.612. The number of aryl methyl sites for hydroxylation is 1. The van der Waals surface area contributed by atoms with Crippen LogP contribution in [0.25, 0.3) is 6.08 Å². The lowest BCUT2D eigenvalue weighted by Crippen LogP contribution is -2.37. The van der Waals surface area contributed by atoms with E-state index < -0.39 is 0 Å². The van der Waals surface area contributed by atoms with E-state index in [-0.39, 0.29) is 43.4 Å². The van der Waals surface area contributed by atoms with Crippen LogP contribution in [0.5, 0.6) is 17.2 Å². The number of thioether (sulfide) groups is 1. The second-order valence-corrected chi connectivity index (χ2v) is 8.10. The van der Waals surface area contributed by atoms with Crippen molar-refractivity contribution in [3.05, 3.63) is 58.5 Å². The Morgan fingerprint density at radius 3 is 2.84 bits per heavy atom. The molecular formula is C23H22N2O6S. The van der Waals surface area contributed by atoms with E-state index in [1.807, 2.05) is 24.3 Å². The molecule has 166 valence electrons. The number of hydrogen-bond donors (Lipinski definition) is 1. The molecule has 0 bridgehead atoms. The highest BCUT2D eigenvalue weighted by Gasteiger charge is 2.34. The molecule has 2 aliphatic rings. The maximum absolute atomic E-state index is 12.6. The third-order valence-corrected chi connectivity index (χ3v) is 5.95. The predicted molar refractivity (Wildman–Crippen MR) is 120 cm³/mol. The Labute approximate surface area is 189 Å². The van der Waals surface area contributed by atoms with Gasteiger partial charge in [-0.05, 0) is 53.6 Å². The molecule has 2 aromatic rings. The van der Waals surface area contributed by atoms with Crippen LogP contribution in [0.3, 0.4) is 0 Å². The van der Waals surface area contributed by atoms with Gasteiger partial charge in [-0.1, -0.05) is 24.3 Å². The number of ether oxygens (including phenoxy) is 3. The molecule has 0 unspecified atom stereocenters. The van der Waals surface area contributed by atoms with Gasteiger partial charge in [0.25, 0.3) is 11.1 Å². The largest absolute Gasteiger partial charge is 0.496 e. The SMILES string of the molecule is COc1ccccc1CCC(=O)NCCN1C(=O)S/C(=C\c2ccc3c(c2)OCO3)C1=O. The number of hydrogen-bond acceptors (Lipinski definition) is 7. The van der Waals surface area contributed by atoms with Crippen molar-refractivity contribution < 1.29 is 28.6 Å². The number of amides is 3. The molecule has 0 spiro atoms. The van der Waals surface area contributed by atoms with Crippen molar-refractivity contribution in [2.24, 2.45) is 0 Å². The Morgan fingerprint density at radius 1 is 1.19 bits per heavy atom. The van der Waals surface area contributed by atoms with Crippen LogP contribution in [0.4, 0.5) is 4.79 Å². The van der Waals surface area contributed by atoms with Gasteiger partial charge in [0.15, 0.2) is 11.5 Å². The van der Waals surface area contributed by atoms with E-state index in [4.69, 9.17) is 14.2 Å². The van der Waals surface area contributed by atoms with E-state index in [9.17, 15) is 14.4 Å². The summed E-state index contributed by atoms with van der Waals surface area (Å²) in [6, 6.07) is 12.9. The van der Waals surface area contributed by atoms with Gasteiger partial charge in [0.2, 0.25) is 12.7 Å². The van der Waals surface area contributed by atoms with E-state index in [1.165, 1.54) is 0 Å². The van der Waals surface area contributed by atoms with Crippen molar-refractivity contribution in [1.29, 1.82) is 0 Å². The number of rotatable bonds is 8. The van der Waals surface area contributed by atoms with E-state index >= 15 is 0 Å². The van der Waals surface area contributed by atoms with Crippen molar-refractivity contribution in [3.8, 4) is 17.2 Å². The van der Waals surface area contributed by atoms with Gasteiger partial charge in [0, 0.05) is 19.5 Å². The molecule has 2 aliphatic heterocycles. The molecule has 8 nitrogen and oxygen atoms in total. The van der Waals surface area contributed by atoms with Crippen molar-refractivity contribution >= 4 is 34.9 Å². The fourth-order valence-electron chi connectivity index (χ4n) is 3.40. The number of carbonyl (C=O) groups is 3. The van der Waals surface area contributed by atoms with Crippen LogP contribution >= 0.6 is 11.8 Å². The predicted octanol–water partition coefficient (Wildman–Crippen LogP) is 3.21. The summed E-state index contributed by atoms with van der Waals surface area (Å²) in [6.45, 7) is 0.476. The Bertz CT molecular complexity index is 1080. The molecule has 32 heavy (non-hydrogen) atoms. The maximum atomic E-state index is 12.6. The molecule has 0 radical (unpaired) electrons. The Balaban J connectivity index is 1.28. The number of methoxy groups -OCH3 is 1.